The van der Waals surface area contributed by atoms with Gasteiger partial charge in [0.15, 0.2) is 5.78 Å². The number of ketones is 1. The maximum Gasteiger partial charge on any atom is 0.186 e. The molecule has 1 saturated carbocycles. The summed E-state index contributed by atoms with van der Waals surface area (Å²) in [5.41, 5.74) is 0.799. The molecular weight excluding hydrogens is 226 g/mol. The van der Waals surface area contributed by atoms with Crippen LogP contribution in [0.3, 0.4) is 0 Å². The first kappa shape index (κ1) is 13.2. The Hall–Kier alpha value is -1.19. The van der Waals surface area contributed by atoms with Crippen molar-refractivity contribution in [2.24, 2.45) is 11.3 Å². The smallest absolute Gasteiger partial charge is 0.186 e. The molecule has 0 aliphatic heterocycles. The van der Waals surface area contributed by atoms with Crippen molar-refractivity contribution in [3.8, 4) is 0 Å². The van der Waals surface area contributed by atoms with E-state index in [0.29, 0.717) is 5.69 Å². The number of aryl methyl sites for hydroxylation is 1. The molecule has 1 heterocycles. The molecule has 0 bridgehead atoms. The zero-order valence-corrected chi connectivity index (χ0v) is 11.6. The number of hydrogen-bond donors (Lipinski definition) is 0. The lowest BCUT2D eigenvalue weighted by Gasteiger charge is -2.37. The van der Waals surface area contributed by atoms with Crippen molar-refractivity contribution in [3.63, 3.8) is 0 Å². The molecule has 18 heavy (non-hydrogen) atoms. The molecule has 0 N–H and O–H groups in total. The van der Waals surface area contributed by atoms with Crippen molar-refractivity contribution in [1.82, 2.24) is 15.0 Å². The van der Waals surface area contributed by atoms with Gasteiger partial charge in [-0.05, 0) is 24.7 Å². The zero-order chi connectivity index (χ0) is 13.2. The van der Waals surface area contributed by atoms with E-state index >= 15 is 0 Å². The van der Waals surface area contributed by atoms with Crippen LogP contribution in [0.15, 0.2) is 6.20 Å². The maximum absolute atomic E-state index is 12.7. The fourth-order valence-electron chi connectivity index (χ4n) is 2.98. The Morgan fingerprint density at radius 3 is 2.94 bits per heavy atom. The summed E-state index contributed by atoms with van der Waals surface area (Å²) in [6.07, 6.45) is 7.14. The summed E-state index contributed by atoms with van der Waals surface area (Å²) < 4.78 is 1.76. The van der Waals surface area contributed by atoms with Gasteiger partial charge in [-0.2, -0.15) is 0 Å². The van der Waals surface area contributed by atoms with Gasteiger partial charge in [-0.1, -0.05) is 38.8 Å². The van der Waals surface area contributed by atoms with Crippen molar-refractivity contribution in [1.29, 1.82) is 0 Å². The third-order valence-electron chi connectivity index (χ3n) is 4.13. The third-order valence-corrected chi connectivity index (χ3v) is 4.13. The Kier molecular flexibility index (Phi) is 3.83. The molecule has 1 unspecified atom stereocenters. The lowest BCUT2D eigenvalue weighted by atomic mass is 9.67. The van der Waals surface area contributed by atoms with E-state index < -0.39 is 0 Å². The van der Waals surface area contributed by atoms with Crippen molar-refractivity contribution in [3.05, 3.63) is 11.9 Å². The molecule has 2 rings (SSSR count). The number of hydrogen-bond acceptors (Lipinski definition) is 3. The van der Waals surface area contributed by atoms with E-state index in [2.05, 4.69) is 31.1 Å². The molecule has 1 aliphatic rings. The van der Waals surface area contributed by atoms with Crippen molar-refractivity contribution < 1.29 is 4.79 Å². The molecule has 0 radical (unpaired) electrons. The summed E-state index contributed by atoms with van der Waals surface area (Å²) in [7, 11) is 0. The van der Waals surface area contributed by atoms with Crippen molar-refractivity contribution >= 4 is 5.78 Å². The molecule has 0 amide bonds. The van der Waals surface area contributed by atoms with E-state index in [4.69, 9.17) is 0 Å². The van der Waals surface area contributed by atoms with E-state index in [1.807, 2.05) is 0 Å². The van der Waals surface area contributed by atoms with Crippen molar-refractivity contribution in [2.75, 3.05) is 0 Å². The van der Waals surface area contributed by atoms with Crippen LogP contribution in [0.5, 0.6) is 0 Å². The molecule has 1 atom stereocenters. The Bertz CT molecular complexity index is 422. The van der Waals surface area contributed by atoms with Crippen LogP contribution in [0, 0.1) is 11.3 Å². The van der Waals surface area contributed by atoms with E-state index in [0.717, 1.165) is 32.2 Å². The number of Topliss-reactive ketones (excluding diaryl/α,β-unsaturated/α-hetero) is 1. The minimum atomic E-state index is 0.108. The van der Waals surface area contributed by atoms with E-state index in [9.17, 15) is 4.79 Å². The molecular formula is C14H23N3O. The SMILES string of the molecule is CCCn1nncc1C(=O)C1CCCCC1(C)C. The second-order valence-electron chi connectivity index (χ2n) is 5.99. The Morgan fingerprint density at radius 2 is 2.28 bits per heavy atom. The van der Waals surface area contributed by atoms with Crippen LogP contribution in [0.25, 0.3) is 0 Å². The Balaban J connectivity index is 2.22. The predicted octanol–water partition coefficient (Wildman–Crippen LogP) is 3.09. The average Bonchev–Trinajstić information content (AvgIpc) is 2.76. The topological polar surface area (TPSA) is 47.8 Å². The van der Waals surface area contributed by atoms with Gasteiger partial charge in [0.1, 0.15) is 5.69 Å². The highest BCUT2D eigenvalue weighted by Crippen LogP contribution is 2.42. The lowest BCUT2D eigenvalue weighted by Crippen LogP contribution is -2.35. The van der Waals surface area contributed by atoms with E-state index in [1.165, 1.54) is 6.42 Å². The van der Waals surface area contributed by atoms with Gasteiger partial charge >= 0.3 is 0 Å². The van der Waals surface area contributed by atoms with Crippen LogP contribution < -0.4 is 0 Å². The Morgan fingerprint density at radius 1 is 1.50 bits per heavy atom. The molecule has 0 saturated heterocycles. The van der Waals surface area contributed by atoms with Crippen LogP contribution >= 0.6 is 0 Å². The molecule has 1 aliphatic carbocycles. The number of carbonyl (C=O) groups excluding carboxylic acids is 1. The van der Waals surface area contributed by atoms with Gasteiger partial charge in [-0.15, -0.1) is 5.10 Å². The molecule has 4 nitrogen and oxygen atoms in total. The molecule has 1 aromatic rings. The quantitative estimate of drug-likeness (QED) is 0.770. The number of nitrogens with zero attached hydrogens (tertiary/aromatic N) is 3. The molecule has 0 aromatic carbocycles. The fraction of sp³-hybridized carbons (Fsp3) is 0.786. The first-order valence-electron chi connectivity index (χ1n) is 6.99. The first-order valence-corrected chi connectivity index (χ1v) is 6.99. The largest absolute Gasteiger partial charge is 0.292 e. The van der Waals surface area contributed by atoms with Crippen molar-refractivity contribution in [2.45, 2.75) is 59.4 Å². The summed E-state index contributed by atoms with van der Waals surface area (Å²) in [6, 6.07) is 0. The van der Waals surface area contributed by atoms with Gasteiger partial charge in [-0.25, -0.2) is 4.68 Å². The first-order chi connectivity index (χ1) is 8.56. The van der Waals surface area contributed by atoms with Crippen LogP contribution in [-0.4, -0.2) is 20.8 Å². The molecule has 1 aromatic heterocycles. The maximum atomic E-state index is 12.7. The summed E-state index contributed by atoms with van der Waals surface area (Å²) in [5, 5.41) is 7.91. The molecule has 100 valence electrons. The van der Waals surface area contributed by atoms with Gasteiger partial charge in [0.2, 0.25) is 0 Å². The highest BCUT2D eigenvalue weighted by atomic mass is 16.1. The van der Waals surface area contributed by atoms with Gasteiger partial charge in [0.25, 0.3) is 0 Å². The number of rotatable bonds is 4. The van der Waals surface area contributed by atoms with Crippen LogP contribution in [0.4, 0.5) is 0 Å². The highest BCUT2D eigenvalue weighted by molar-refractivity contribution is 5.96. The van der Waals surface area contributed by atoms with Crippen LogP contribution in [0.2, 0.25) is 0 Å². The number of carbonyl (C=O) groups is 1. The summed E-state index contributed by atoms with van der Waals surface area (Å²) >= 11 is 0. The summed E-state index contributed by atoms with van der Waals surface area (Å²) in [4.78, 5) is 12.7. The van der Waals surface area contributed by atoms with Crippen LogP contribution in [0.1, 0.15) is 63.4 Å². The Labute approximate surface area is 109 Å². The predicted molar refractivity (Wildman–Crippen MR) is 70.4 cm³/mol. The zero-order valence-electron chi connectivity index (χ0n) is 11.6. The molecule has 4 heteroatoms. The second kappa shape index (κ2) is 5.21. The fourth-order valence-corrected chi connectivity index (χ4v) is 2.98. The minimum Gasteiger partial charge on any atom is -0.292 e. The summed E-state index contributed by atoms with van der Waals surface area (Å²) in [6.45, 7) is 7.28. The molecule has 0 spiro atoms. The third kappa shape index (κ3) is 2.47. The molecule has 1 fully saturated rings. The van der Waals surface area contributed by atoms with Gasteiger partial charge in [-0.3, -0.25) is 4.79 Å². The lowest BCUT2D eigenvalue weighted by molar-refractivity contribution is 0.0685. The standard InChI is InChI=1S/C14H23N3O/c1-4-9-17-12(10-15-16-17)13(18)11-7-5-6-8-14(11,2)3/h10-11H,4-9H2,1-3H3. The van der Waals surface area contributed by atoms with Gasteiger partial charge in [0.05, 0.1) is 6.20 Å². The second-order valence-corrected chi connectivity index (χ2v) is 5.99. The van der Waals surface area contributed by atoms with Crippen LogP contribution in [-0.2, 0) is 6.54 Å². The number of aromatic nitrogens is 3. The normalized spacial score (nSPS) is 22.9. The minimum absolute atomic E-state index is 0.108. The van der Waals surface area contributed by atoms with E-state index in [-0.39, 0.29) is 17.1 Å². The highest BCUT2D eigenvalue weighted by Gasteiger charge is 2.38. The average molecular weight is 249 g/mol. The van der Waals surface area contributed by atoms with E-state index in [1.54, 1.807) is 10.9 Å². The van der Waals surface area contributed by atoms with Gasteiger partial charge < -0.3 is 0 Å². The summed E-state index contributed by atoms with van der Waals surface area (Å²) in [5.74, 6) is 0.360. The van der Waals surface area contributed by atoms with Gasteiger partial charge in [0, 0.05) is 12.5 Å². The monoisotopic (exact) mass is 249 g/mol.